The van der Waals surface area contributed by atoms with Crippen LogP contribution in [0.4, 0.5) is 5.69 Å². The lowest BCUT2D eigenvalue weighted by Crippen LogP contribution is -2.24. The van der Waals surface area contributed by atoms with Gasteiger partial charge in [-0.3, -0.25) is 4.79 Å². The van der Waals surface area contributed by atoms with Crippen LogP contribution in [0.5, 0.6) is 0 Å². The van der Waals surface area contributed by atoms with E-state index in [0.29, 0.717) is 11.3 Å². The van der Waals surface area contributed by atoms with Crippen molar-refractivity contribution in [1.82, 2.24) is 0 Å². The number of ether oxygens (including phenoxy) is 1. The van der Waals surface area contributed by atoms with Crippen molar-refractivity contribution in [2.24, 2.45) is 5.73 Å². The molecule has 5 nitrogen and oxygen atoms in total. The van der Waals surface area contributed by atoms with Crippen LogP contribution in [0, 0.1) is 6.92 Å². The predicted molar refractivity (Wildman–Crippen MR) is 69.4 cm³/mol. The van der Waals surface area contributed by atoms with Gasteiger partial charge in [-0.2, -0.15) is 0 Å². The Kier molecular flexibility index (Phi) is 4.85. The van der Waals surface area contributed by atoms with Crippen LogP contribution in [0.25, 0.3) is 0 Å². The number of methoxy groups -OCH3 is 1. The lowest BCUT2D eigenvalue weighted by atomic mass is 10.1. The van der Waals surface area contributed by atoms with Crippen LogP contribution in [0.1, 0.15) is 29.3 Å². The summed E-state index contributed by atoms with van der Waals surface area (Å²) < 4.78 is 4.68. The molecule has 0 aliphatic rings. The number of benzene rings is 1. The summed E-state index contributed by atoms with van der Waals surface area (Å²) in [5.74, 6) is -0.700. The van der Waals surface area contributed by atoms with Crippen LogP contribution in [-0.4, -0.2) is 25.0 Å². The van der Waals surface area contributed by atoms with Crippen LogP contribution in [-0.2, 0) is 9.53 Å². The molecule has 0 saturated heterocycles. The molecule has 0 fully saturated rings. The van der Waals surface area contributed by atoms with Crippen LogP contribution < -0.4 is 11.1 Å². The molecule has 98 valence electrons. The second-order valence-electron chi connectivity index (χ2n) is 4.27. The third-order valence-electron chi connectivity index (χ3n) is 2.36. The summed E-state index contributed by atoms with van der Waals surface area (Å²) in [6, 6.07) is 4.94. The summed E-state index contributed by atoms with van der Waals surface area (Å²) in [6.45, 7) is 3.61. The van der Waals surface area contributed by atoms with Gasteiger partial charge in [0.2, 0.25) is 5.91 Å². The van der Waals surface area contributed by atoms with Gasteiger partial charge in [-0.05, 0) is 26.0 Å². The van der Waals surface area contributed by atoms with Crippen LogP contribution in [0.2, 0.25) is 0 Å². The van der Waals surface area contributed by atoms with Gasteiger partial charge in [-0.1, -0.05) is 11.6 Å². The van der Waals surface area contributed by atoms with Gasteiger partial charge in [-0.15, -0.1) is 0 Å². The maximum Gasteiger partial charge on any atom is 0.339 e. The number of carbonyl (C=O) groups is 2. The topological polar surface area (TPSA) is 81.4 Å². The van der Waals surface area contributed by atoms with Gasteiger partial charge in [0, 0.05) is 12.5 Å². The maximum absolute atomic E-state index is 11.6. The van der Waals surface area contributed by atoms with Crippen molar-refractivity contribution in [2.75, 3.05) is 12.4 Å². The molecule has 0 saturated carbocycles. The van der Waals surface area contributed by atoms with Crippen molar-refractivity contribution in [1.29, 1.82) is 0 Å². The Morgan fingerprint density at radius 3 is 2.67 bits per heavy atom. The fraction of sp³-hybridized carbons (Fsp3) is 0.385. The average molecular weight is 250 g/mol. The predicted octanol–water partition coefficient (Wildman–Crippen LogP) is 1.46. The number of aryl methyl sites for hydroxylation is 1. The molecule has 1 rings (SSSR count). The summed E-state index contributed by atoms with van der Waals surface area (Å²) >= 11 is 0. The third kappa shape index (κ3) is 3.85. The van der Waals surface area contributed by atoms with Crippen LogP contribution in [0.15, 0.2) is 18.2 Å². The normalized spacial score (nSPS) is 11.8. The van der Waals surface area contributed by atoms with E-state index in [0.717, 1.165) is 5.56 Å². The molecule has 0 aromatic heterocycles. The maximum atomic E-state index is 11.6. The molecule has 3 N–H and O–H groups in total. The number of nitrogens with one attached hydrogen (secondary N) is 1. The average Bonchev–Trinajstić information content (AvgIpc) is 2.29. The highest BCUT2D eigenvalue weighted by atomic mass is 16.5. The van der Waals surface area contributed by atoms with E-state index in [1.165, 1.54) is 7.11 Å². The second-order valence-corrected chi connectivity index (χ2v) is 4.27. The Bertz CT molecular complexity index is 456. The van der Waals surface area contributed by atoms with Crippen molar-refractivity contribution in [2.45, 2.75) is 26.3 Å². The van der Waals surface area contributed by atoms with Crippen molar-refractivity contribution in [3.05, 3.63) is 29.3 Å². The van der Waals surface area contributed by atoms with Crippen LogP contribution >= 0.6 is 0 Å². The molecule has 1 aromatic rings. The summed E-state index contributed by atoms with van der Waals surface area (Å²) in [4.78, 5) is 23.2. The molecule has 0 radical (unpaired) electrons. The highest BCUT2D eigenvalue weighted by molar-refractivity contribution is 6.01. The van der Waals surface area contributed by atoms with Gasteiger partial charge < -0.3 is 15.8 Å². The number of rotatable bonds is 4. The Balaban J connectivity index is 2.94. The number of carbonyl (C=O) groups excluding carboxylic acids is 2. The zero-order chi connectivity index (χ0) is 13.7. The molecule has 1 atom stereocenters. The van der Waals surface area contributed by atoms with Gasteiger partial charge >= 0.3 is 5.97 Å². The van der Waals surface area contributed by atoms with Gasteiger partial charge in [0.15, 0.2) is 0 Å². The molecule has 18 heavy (non-hydrogen) atoms. The SMILES string of the molecule is COC(=O)c1cc(C)ccc1NC(=O)CC(C)N. The first-order valence-corrected chi connectivity index (χ1v) is 5.68. The number of amides is 1. The van der Waals surface area contributed by atoms with E-state index < -0.39 is 5.97 Å². The van der Waals surface area contributed by atoms with Crippen molar-refractivity contribution >= 4 is 17.6 Å². The monoisotopic (exact) mass is 250 g/mol. The second kappa shape index (κ2) is 6.16. The third-order valence-corrected chi connectivity index (χ3v) is 2.36. The summed E-state index contributed by atoms with van der Waals surface area (Å²) in [5.41, 5.74) is 7.25. The van der Waals surface area contributed by atoms with E-state index in [9.17, 15) is 9.59 Å². The zero-order valence-corrected chi connectivity index (χ0v) is 10.8. The number of nitrogens with two attached hydrogens (primary N) is 1. The Morgan fingerprint density at radius 1 is 1.44 bits per heavy atom. The van der Waals surface area contributed by atoms with Crippen LogP contribution in [0.3, 0.4) is 0 Å². The van der Waals surface area contributed by atoms with Crippen molar-refractivity contribution in [3.8, 4) is 0 Å². The Hall–Kier alpha value is -1.88. The first kappa shape index (κ1) is 14.2. The summed E-state index contributed by atoms with van der Waals surface area (Å²) in [6.07, 6.45) is 0.203. The molecule has 0 aliphatic heterocycles. The molecule has 0 spiro atoms. The van der Waals surface area contributed by atoms with E-state index in [1.807, 2.05) is 13.0 Å². The quantitative estimate of drug-likeness (QED) is 0.793. The lowest BCUT2D eigenvalue weighted by molar-refractivity contribution is -0.116. The summed E-state index contributed by atoms with van der Waals surface area (Å²) in [5, 5.41) is 2.66. The molecule has 0 heterocycles. The molecule has 1 unspecified atom stereocenters. The zero-order valence-electron chi connectivity index (χ0n) is 10.8. The first-order chi connectivity index (χ1) is 8.43. The fourth-order valence-electron chi connectivity index (χ4n) is 1.54. The number of anilines is 1. The molecule has 5 heteroatoms. The molecule has 1 amide bonds. The van der Waals surface area contributed by atoms with E-state index in [1.54, 1.807) is 19.1 Å². The van der Waals surface area contributed by atoms with Gasteiger partial charge in [0.25, 0.3) is 0 Å². The molecular formula is C13H18N2O3. The number of esters is 1. The number of hydrogen-bond acceptors (Lipinski definition) is 4. The molecule has 1 aromatic carbocycles. The van der Waals surface area contributed by atoms with Gasteiger partial charge in [0.1, 0.15) is 0 Å². The minimum absolute atomic E-state index is 0.203. The molecular weight excluding hydrogens is 232 g/mol. The largest absolute Gasteiger partial charge is 0.465 e. The summed E-state index contributed by atoms with van der Waals surface area (Å²) in [7, 11) is 1.30. The highest BCUT2D eigenvalue weighted by Gasteiger charge is 2.14. The van der Waals surface area contributed by atoms with Crippen molar-refractivity contribution < 1.29 is 14.3 Å². The van der Waals surface area contributed by atoms with E-state index in [-0.39, 0.29) is 18.4 Å². The lowest BCUT2D eigenvalue weighted by Gasteiger charge is -2.11. The van der Waals surface area contributed by atoms with Gasteiger partial charge in [0.05, 0.1) is 18.4 Å². The van der Waals surface area contributed by atoms with E-state index in [2.05, 4.69) is 10.1 Å². The Labute approximate surface area is 106 Å². The Morgan fingerprint density at radius 2 is 2.11 bits per heavy atom. The first-order valence-electron chi connectivity index (χ1n) is 5.68. The highest BCUT2D eigenvalue weighted by Crippen LogP contribution is 2.18. The molecule has 0 aliphatic carbocycles. The van der Waals surface area contributed by atoms with E-state index >= 15 is 0 Å². The minimum Gasteiger partial charge on any atom is -0.465 e. The number of hydrogen-bond donors (Lipinski definition) is 2. The smallest absolute Gasteiger partial charge is 0.339 e. The van der Waals surface area contributed by atoms with Crippen molar-refractivity contribution in [3.63, 3.8) is 0 Å². The molecule has 0 bridgehead atoms. The van der Waals surface area contributed by atoms with Gasteiger partial charge in [-0.25, -0.2) is 4.79 Å². The fourth-order valence-corrected chi connectivity index (χ4v) is 1.54. The minimum atomic E-state index is -0.477. The standard InChI is InChI=1S/C13H18N2O3/c1-8-4-5-11(10(6-8)13(17)18-3)15-12(16)7-9(2)14/h4-6,9H,7,14H2,1-3H3,(H,15,16). The van der Waals surface area contributed by atoms with E-state index in [4.69, 9.17) is 5.73 Å².